The molecule has 1 aliphatic heterocycles. The van der Waals surface area contributed by atoms with Gasteiger partial charge in [0.2, 0.25) is 0 Å². The number of aliphatic imine (C=N–C) groups is 1. The lowest BCUT2D eigenvalue weighted by molar-refractivity contribution is 0.333. The predicted octanol–water partition coefficient (Wildman–Crippen LogP) is 4.06. The molecule has 1 fully saturated rings. The average molecular weight is 256 g/mol. The Bertz CT molecular complexity index is 249. The van der Waals surface area contributed by atoms with Crippen LogP contribution in [0, 0.1) is 5.41 Å². The summed E-state index contributed by atoms with van der Waals surface area (Å²) < 4.78 is 0. The van der Waals surface area contributed by atoms with E-state index in [9.17, 15) is 0 Å². The van der Waals surface area contributed by atoms with Gasteiger partial charge in [-0.1, -0.05) is 51.8 Å². The molecule has 1 aliphatic rings. The molecule has 1 N–H and O–H groups in total. The summed E-state index contributed by atoms with van der Waals surface area (Å²) in [6, 6.07) is 0.596. The quantitative estimate of drug-likeness (QED) is 0.725. The Labute approximate surface area is 111 Å². The first kappa shape index (κ1) is 14.9. The van der Waals surface area contributed by atoms with E-state index >= 15 is 0 Å². The lowest BCUT2D eigenvalue weighted by Crippen LogP contribution is -2.36. The predicted molar refractivity (Wildman–Crippen MR) is 79.9 cm³/mol. The Kier molecular flexibility index (Phi) is 6.39. The van der Waals surface area contributed by atoms with E-state index in [0.717, 1.165) is 11.7 Å². The second kappa shape index (κ2) is 7.30. The summed E-state index contributed by atoms with van der Waals surface area (Å²) in [5, 5.41) is 4.63. The van der Waals surface area contributed by atoms with Crippen LogP contribution in [0.4, 0.5) is 0 Å². The van der Waals surface area contributed by atoms with Crippen LogP contribution in [0.25, 0.3) is 0 Å². The average Bonchev–Trinajstić information content (AvgIpc) is 2.27. The lowest BCUT2D eigenvalue weighted by atomic mass is 9.87. The number of amidine groups is 1. The van der Waals surface area contributed by atoms with Crippen LogP contribution in [0.5, 0.6) is 0 Å². The second-order valence-electron chi connectivity index (χ2n) is 5.93. The smallest absolute Gasteiger partial charge is 0.156 e. The fourth-order valence-corrected chi connectivity index (χ4v) is 3.07. The van der Waals surface area contributed by atoms with Gasteiger partial charge >= 0.3 is 0 Å². The summed E-state index contributed by atoms with van der Waals surface area (Å²) in [6.45, 7) is 10.1. The van der Waals surface area contributed by atoms with Gasteiger partial charge in [0.15, 0.2) is 5.17 Å². The number of nitrogens with zero attached hydrogens (tertiary/aromatic N) is 1. The third kappa shape index (κ3) is 6.35. The van der Waals surface area contributed by atoms with E-state index in [1.54, 1.807) is 0 Å². The summed E-state index contributed by atoms with van der Waals surface area (Å²) in [7, 11) is 0. The fraction of sp³-hybridized carbons (Fsp3) is 0.929. The van der Waals surface area contributed by atoms with Gasteiger partial charge in [-0.25, -0.2) is 0 Å². The molecule has 0 aromatic rings. The van der Waals surface area contributed by atoms with E-state index < -0.39 is 0 Å². The van der Waals surface area contributed by atoms with Crippen molar-refractivity contribution in [1.29, 1.82) is 0 Å². The molecule has 0 bridgehead atoms. The van der Waals surface area contributed by atoms with Gasteiger partial charge in [-0.3, -0.25) is 4.99 Å². The monoisotopic (exact) mass is 256 g/mol. The maximum atomic E-state index is 4.75. The minimum absolute atomic E-state index is 0.352. The van der Waals surface area contributed by atoms with Crippen molar-refractivity contribution in [1.82, 2.24) is 5.32 Å². The maximum absolute atomic E-state index is 4.75. The molecule has 1 rings (SSSR count). The van der Waals surface area contributed by atoms with Crippen molar-refractivity contribution >= 4 is 16.9 Å². The zero-order valence-corrected chi connectivity index (χ0v) is 12.7. The molecule has 3 heteroatoms. The van der Waals surface area contributed by atoms with Crippen molar-refractivity contribution in [3.05, 3.63) is 0 Å². The minimum Gasteiger partial charge on any atom is -0.362 e. The Morgan fingerprint density at radius 2 is 2.18 bits per heavy atom. The molecule has 0 aromatic carbocycles. The highest BCUT2D eigenvalue weighted by Crippen LogP contribution is 2.25. The van der Waals surface area contributed by atoms with E-state index in [1.165, 1.54) is 37.9 Å². The van der Waals surface area contributed by atoms with Crippen LogP contribution in [0.3, 0.4) is 0 Å². The highest BCUT2D eigenvalue weighted by atomic mass is 32.2. The molecule has 0 aromatic heterocycles. The Morgan fingerprint density at radius 1 is 1.41 bits per heavy atom. The van der Waals surface area contributed by atoms with Gasteiger partial charge in [0.05, 0.1) is 0 Å². The molecule has 1 saturated heterocycles. The fourth-order valence-electron chi connectivity index (χ4n) is 1.97. The van der Waals surface area contributed by atoms with Crippen molar-refractivity contribution in [2.24, 2.45) is 10.4 Å². The lowest BCUT2D eigenvalue weighted by Gasteiger charge is -2.25. The minimum atomic E-state index is 0.352. The molecule has 100 valence electrons. The molecular weight excluding hydrogens is 228 g/mol. The van der Waals surface area contributed by atoms with Gasteiger partial charge in [0, 0.05) is 18.3 Å². The molecule has 0 saturated carbocycles. The number of nitrogens with one attached hydrogen (secondary N) is 1. The zero-order valence-electron chi connectivity index (χ0n) is 11.9. The molecule has 0 radical (unpaired) electrons. The Morgan fingerprint density at radius 3 is 2.82 bits per heavy atom. The third-order valence-corrected chi connectivity index (χ3v) is 4.23. The molecular formula is C14H28N2S. The largest absolute Gasteiger partial charge is 0.362 e. The molecule has 0 amide bonds. The van der Waals surface area contributed by atoms with E-state index in [1.807, 2.05) is 11.8 Å². The number of hydrogen-bond donors (Lipinski definition) is 1. The highest BCUT2D eigenvalue weighted by molar-refractivity contribution is 8.13. The second-order valence-corrected chi connectivity index (χ2v) is 7.01. The number of unbranched alkanes of at least 4 members (excludes halogenated alkanes) is 2. The van der Waals surface area contributed by atoms with Crippen LogP contribution in [-0.4, -0.2) is 23.5 Å². The van der Waals surface area contributed by atoms with E-state index in [4.69, 9.17) is 4.99 Å². The SMILES string of the molecule is CCCCCC(C)(C)CN=C1NC(C)CCS1. The van der Waals surface area contributed by atoms with Crippen molar-refractivity contribution in [2.75, 3.05) is 12.3 Å². The van der Waals surface area contributed by atoms with Crippen LogP contribution >= 0.6 is 11.8 Å². The molecule has 17 heavy (non-hydrogen) atoms. The third-order valence-electron chi connectivity index (χ3n) is 3.27. The number of rotatable bonds is 6. The van der Waals surface area contributed by atoms with Crippen LogP contribution in [0.15, 0.2) is 4.99 Å². The van der Waals surface area contributed by atoms with E-state index in [0.29, 0.717) is 11.5 Å². The van der Waals surface area contributed by atoms with Crippen molar-refractivity contribution in [2.45, 2.75) is 65.8 Å². The first-order valence-electron chi connectivity index (χ1n) is 6.97. The van der Waals surface area contributed by atoms with Crippen molar-refractivity contribution in [3.63, 3.8) is 0 Å². The number of thioether (sulfide) groups is 1. The molecule has 0 spiro atoms. The highest BCUT2D eigenvalue weighted by Gasteiger charge is 2.18. The first-order valence-corrected chi connectivity index (χ1v) is 7.96. The van der Waals surface area contributed by atoms with Crippen LogP contribution in [0.2, 0.25) is 0 Å². The van der Waals surface area contributed by atoms with Crippen molar-refractivity contribution < 1.29 is 0 Å². The summed E-state index contributed by atoms with van der Waals surface area (Å²) in [4.78, 5) is 4.75. The summed E-state index contributed by atoms with van der Waals surface area (Å²) in [5.41, 5.74) is 0.352. The van der Waals surface area contributed by atoms with Gasteiger partial charge in [0.25, 0.3) is 0 Å². The van der Waals surface area contributed by atoms with Gasteiger partial charge < -0.3 is 5.32 Å². The summed E-state index contributed by atoms with van der Waals surface area (Å²) in [5.74, 6) is 1.21. The standard InChI is InChI=1S/C14H28N2S/c1-5-6-7-9-14(3,4)11-15-13-16-12(2)8-10-17-13/h12H,5-11H2,1-4H3,(H,15,16). The maximum Gasteiger partial charge on any atom is 0.156 e. The van der Waals surface area contributed by atoms with Crippen LogP contribution in [0.1, 0.15) is 59.8 Å². The Balaban J connectivity index is 2.33. The van der Waals surface area contributed by atoms with Gasteiger partial charge in [-0.2, -0.15) is 0 Å². The summed E-state index contributed by atoms with van der Waals surface area (Å²) in [6.07, 6.45) is 6.54. The molecule has 1 atom stereocenters. The molecule has 0 aliphatic carbocycles. The van der Waals surface area contributed by atoms with Crippen molar-refractivity contribution in [3.8, 4) is 0 Å². The normalized spacial score (nSPS) is 23.8. The van der Waals surface area contributed by atoms with Gasteiger partial charge in [-0.15, -0.1) is 0 Å². The Hall–Kier alpha value is -0.180. The van der Waals surface area contributed by atoms with Gasteiger partial charge in [0.1, 0.15) is 0 Å². The molecule has 2 nitrogen and oxygen atoms in total. The first-order chi connectivity index (χ1) is 8.03. The summed E-state index contributed by atoms with van der Waals surface area (Å²) >= 11 is 1.87. The van der Waals surface area contributed by atoms with Crippen LogP contribution in [-0.2, 0) is 0 Å². The van der Waals surface area contributed by atoms with E-state index in [2.05, 4.69) is 33.0 Å². The van der Waals surface area contributed by atoms with E-state index in [-0.39, 0.29) is 0 Å². The van der Waals surface area contributed by atoms with Crippen LogP contribution < -0.4 is 5.32 Å². The zero-order chi connectivity index (χ0) is 12.7. The van der Waals surface area contributed by atoms with Gasteiger partial charge in [-0.05, 0) is 25.2 Å². The number of hydrogen-bond acceptors (Lipinski definition) is 2. The topological polar surface area (TPSA) is 24.4 Å². The molecule has 1 unspecified atom stereocenters. The molecule has 1 heterocycles.